The minimum atomic E-state index is -0.396. The fourth-order valence-electron chi connectivity index (χ4n) is 1.70. The third-order valence-corrected chi connectivity index (χ3v) is 3.06. The number of nitrogens with zero attached hydrogens (tertiary/aromatic N) is 1. The Morgan fingerprint density at radius 2 is 1.91 bits per heavy atom. The molecular weight excluding hydrogens is 318 g/mol. The molecule has 1 aromatic heterocycles. The Hall–Kier alpha value is -2.60. The molecule has 0 saturated carbocycles. The molecule has 0 atom stereocenters. The van der Waals surface area contributed by atoms with Crippen molar-refractivity contribution >= 4 is 29.2 Å². The zero-order valence-electron chi connectivity index (χ0n) is 12.5. The van der Waals surface area contributed by atoms with E-state index in [4.69, 9.17) is 16.3 Å². The molecule has 0 aliphatic carbocycles. The molecule has 2 N–H and O–H groups in total. The molecule has 6 nitrogen and oxygen atoms in total. The van der Waals surface area contributed by atoms with Crippen LogP contribution in [0.1, 0.15) is 5.56 Å². The predicted octanol–water partition coefficient (Wildman–Crippen LogP) is 2.18. The lowest BCUT2D eigenvalue weighted by Crippen LogP contribution is -2.35. The molecule has 0 saturated heterocycles. The van der Waals surface area contributed by atoms with Gasteiger partial charge in [-0.3, -0.25) is 9.59 Å². The van der Waals surface area contributed by atoms with Gasteiger partial charge in [0.25, 0.3) is 5.91 Å². The quantitative estimate of drug-likeness (QED) is 0.849. The maximum atomic E-state index is 11.7. The van der Waals surface area contributed by atoms with Gasteiger partial charge in [0.15, 0.2) is 6.61 Å². The molecule has 7 heteroatoms. The number of ether oxygens (including phenoxy) is 1. The largest absolute Gasteiger partial charge is 0.484 e. The normalized spacial score (nSPS) is 10.0. The Bertz CT molecular complexity index is 689. The molecule has 0 aliphatic rings. The first kappa shape index (κ1) is 16.8. The van der Waals surface area contributed by atoms with Gasteiger partial charge in [-0.1, -0.05) is 11.6 Å². The third kappa shape index (κ3) is 5.96. The second kappa shape index (κ2) is 8.14. The van der Waals surface area contributed by atoms with Gasteiger partial charge in [0.1, 0.15) is 11.6 Å². The first-order valence-electron chi connectivity index (χ1n) is 6.90. The van der Waals surface area contributed by atoms with E-state index in [2.05, 4.69) is 15.6 Å². The number of halogens is 1. The third-order valence-electron chi connectivity index (χ3n) is 2.81. The summed E-state index contributed by atoms with van der Waals surface area (Å²) in [5.41, 5.74) is 0.982. The fourth-order valence-corrected chi connectivity index (χ4v) is 1.83. The molecule has 2 amide bonds. The van der Waals surface area contributed by atoms with Gasteiger partial charge < -0.3 is 15.4 Å². The minimum Gasteiger partial charge on any atom is -0.484 e. The summed E-state index contributed by atoms with van der Waals surface area (Å²) >= 11 is 5.75. The average Bonchev–Trinajstić information content (AvgIpc) is 2.52. The van der Waals surface area contributed by atoms with Crippen LogP contribution in [0.4, 0.5) is 5.82 Å². The monoisotopic (exact) mass is 333 g/mol. The molecule has 0 unspecified atom stereocenters. The number of aromatic nitrogens is 1. The number of rotatable bonds is 6. The number of anilines is 1. The standard InChI is InChI=1S/C16H16ClN3O3/c1-11-6-7-18-14(8-11)20-15(21)9-19-16(22)10-23-13-4-2-12(17)3-5-13/h2-8H,9-10H2,1H3,(H,19,22)(H,18,20,21). The van der Waals surface area contributed by atoms with Crippen molar-refractivity contribution in [3.8, 4) is 5.75 Å². The van der Waals surface area contributed by atoms with Gasteiger partial charge in [-0.05, 0) is 48.9 Å². The van der Waals surface area contributed by atoms with Crippen molar-refractivity contribution < 1.29 is 14.3 Å². The maximum absolute atomic E-state index is 11.7. The molecule has 0 bridgehead atoms. The van der Waals surface area contributed by atoms with Crippen LogP contribution in [0.3, 0.4) is 0 Å². The smallest absolute Gasteiger partial charge is 0.258 e. The van der Waals surface area contributed by atoms with Crippen molar-refractivity contribution in [1.29, 1.82) is 0 Å². The van der Waals surface area contributed by atoms with E-state index in [9.17, 15) is 9.59 Å². The van der Waals surface area contributed by atoms with Gasteiger partial charge in [-0.2, -0.15) is 0 Å². The summed E-state index contributed by atoms with van der Waals surface area (Å²) in [4.78, 5) is 27.4. The molecule has 1 aromatic carbocycles. The van der Waals surface area contributed by atoms with Crippen molar-refractivity contribution in [3.63, 3.8) is 0 Å². The lowest BCUT2D eigenvalue weighted by molar-refractivity contribution is -0.125. The summed E-state index contributed by atoms with van der Waals surface area (Å²) in [7, 11) is 0. The number of carbonyl (C=O) groups excluding carboxylic acids is 2. The van der Waals surface area contributed by atoms with Gasteiger partial charge in [0, 0.05) is 11.2 Å². The minimum absolute atomic E-state index is 0.154. The van der Waals surface area contributed by atoms with Crippen molar-refractivity contribution in [1.82, 2.24) is 10.3 Å². The second-order valence-electron chi connectivity index (χ2n) is 4.79. The first-order chi connectivity index (χ1) is 11.0. The number of hydrogen-bond acceptors (Lipinski definition) is 4. The Morgan fingerprint density at radius 1 is 1.17 bits per heavy atom. The second-order valence-corrected chi connectivity index (χ2v) is 5.22. The van der Waals surface area contributed by atoms with Gasteiger partial charge in [0.2, 0.25) is 5.91 Å². The van der Waals surface area contributed by atoms with Crippen LogP contribution in [-0.4, -0.2) is 29.9 Å². The van der Waals surface area contributed by atoms with Crippen LogP contribution in [0, 0.1) is 6.92 Å². The van der Waals surface area contributed by atoms with E-state index in [-0.39, 0.29) is 19.1 Å². The van der Waals surface area contributed by atoms with Crippen LogP contribution in [-0.2, 0) is 9.59 Å². The molecule has 0 fully saturated rings. The van der Waals surface area contributed by atoms with E-state index in [0.717, 1.165) is 5.56 Å². The number of carbonyl (C=O) groups is 2. The van der Waals surface area contributed by atoms with Crippen LogP contribution in [0.5, 0.6) is 5.75 Å². The van der Waals surface area contributed by atoms with Crippen LogP contribution < -0.4 is 15.4 Å². The number of nitrogens with one attached hydrogen (secondary N) is 2. The van der Waals surface area contributed by atoms with Gasteiger partial charge >= 0.3 is 0 Å². The summed E-state index contributed by atoms with van der Waals surface area (Å²) in [5, 5.41) is 5.65. The molecule has 120 valence electrons. The summed E-state index contributed by atoms with van der Waals surface area (Å²) in [6.45, 7) is 1.56. The van der Waals surface area contributed by atoms with E-state index < -0.39 is 5.91 Å². The van der Waals surface area contributed by atoms with Gasteiger partial charge in [-0.15, -0.1) is 0 Å². The molecule has 2 rings (SSSR count). The summed E-state index contributed by atoms with van der Waals surface area (Å²) in [6, 6.07) is 10.2. The Balaban J connectivity index is 1.71. The van der Waals surface area contributed by atoms with Crippen molar-refractivity contribution in [2.45, 2.75) is 6.92 Å². The molecule has 0 spiro atoms. The van der Waals surface area contributed by atoms with Crippen molar-refractivity contribution in [2.75, 3.05) is 18.5 Å². The molecule has 0 radical (unpaired) electrons. The SMILES string of the molecule is Cc1ccnc(NC(=O)CNC(=O)COc2ccc(Cl)cc2)c1. The number of pyridine rings is 1. The Kier molecular flexibility index (Phi) is 5.94. The van der Waals surface area contributed by atoms with Crippen molar-refractivity contribution in [3.05, 3.63) is 53.2 Å². The van der Waals surface area contributed by atoms with E-state index >= 15 is 0 Å². The number of amides is 2. The summed E-state index contributed by atoms with van der Waals surface area (Å²) in [5.74, 6) is 0.217. The van der Waals surface area contributed by atoms with Crippen LogP contribution in [0.15, 0.2) is 42.6 Å². The zero-order valence-corrected chi connectivity index (χ0v) is 13.3. The van der Waals surface area contributed by atoms with Gasteiger partial charge in [0.05, 0.1) is 6.54 Å². The van der Waals surface area contributed by atoms with Crippen LogP contribution in [0.2, 0.25) is 5.02 Å². The highest BCUT2D eigenvalue weighted by Crippen LogP contribution is 2.15. The Morgan fingerprint density at radius 3 is 2.61 bits per heavy atom. The van der Waals surface area contributed by atoms with E-state index in [1.807, 2.05) is 13.0 Å². The van der Waals surface area contributed by atoms with Crippen LogP contribution >= 0.6 is 11.6 Å². The number of benzene rings is 1. The summed E-state index contributed by atoms with van der Waals surface area (Å²) < 4.78 is 5.27. The summed E-state index contributed by atoms with van der Waals surface area (Å²) in [6.07, 6.45) is 1.60. The van der Waals surface area contributed by atoms with Gasteiger partial charge in [-0.25, -0.2) is 4.98 Å². The molecule has 1 heterocycles. The average molecular weight is 334 g/mol. The predicted molar refractivity (Wildman–Crippen MR) is 87.6 cm³/mol. The highest BCUT2D eigenvalue weighted by molar-refractivity contribution is 6.30. The van der Waals surface area contributed by atoms with E-state index in [0.29, 0.717) is 16.6 Å². The lowest BCUT2D eigenvalue weighted by atomic mass is 10.3. The molecule has 0 aliphatic heterocycles. The molecule has 2 aromatic rings. The van der Waals surface area contributed by atoms with Crippen molar-refractivity contribution in [2.24, 2.45) is 0 Å². The molecule has 23 heavy (non-hydrogen) atoms. The fraction of sp³-hybridized carbons (Fsp3) is 0.188. The number of aryl methyl sites for hydroxylation is 1. The zero-order chi connectivity index (χ0) is 16.7. The first-order valence-corrected chi connectivity index (χ1v) is 7.28. The topological polar surface area (TPSA) is 80.3 Å². The van der Waals surface area contributed by atoms with E-state index in [1.165, 1.54) is 0 Å². The highest BCUT2D eigenvalue weighted by atomic mass is 35.5. The lowest BCUT2D eigenvalue weighted by Gasteiger charge is -2.08. The highest BCUT2D eigenvalue weighted by Gasteiger charge is 2.07. The maximum Gasteiger partial charge on any atom is 0.258 e. The Labute approximate surface area is 138 Å². The molecular formula is C16H16ClN3O3. The van der Waals surface area contributed by atoms with E-state index in [1.54, 1.807) is 36.5 Å². The number of hydrogen-bond donors (Lipinski definition) is 2. The van der Waals surface area contributed by atoms with Crippen LogP contribution in [0.25, 0.3) is 0 Å².